The second kappa shape index (κ2) is 4.09. The highest BCUT2D eigenvalue weighted by molar-refractivity contribution is 5.78. The average Bonchev–Trinajstić information content (AvgIpc) is 2.78. The third-order valence-corrected chi connectivity index (χ3v) is 2.31. The van der Waals surface area contributed by atoms with E-state index in [1.807, 2.05) is 42.2 Å². The molecule has 0 saturated heterocycles. The van der Waals surface area contributed by atoms with Gasteiger partial charge < -0.3 is 0 Å². The summed E-state index contributed by atoms with van der Waals surface area (Å²) in [5.41, 5.74) is 2.76. The summed E-state index contributed by atoms with van der Waals surface area (Å²) in [6.07, 6.45) is 4.64. The first kappa shape index (κ1) is 9.65. The SMILES string of the molecule is CCn1cc(-c2cccc(C=O)c2)cn1. The Kier molecular flexibility index (Phi) is 2.63. The molecule has 0 fully saturated rings. The van der Waals surface area contributed by atoms with Crippen LogP contribution in [-0.4, -0.2) is 16.1 Å². The Balaban J connectivity index is 2.39. The Labute approximate surface area is 88.4 Å². The van der Waals surface area contributed by atoms with Gasteiger partial charge in [-0.2, -0.15) is 5.10 Å². The highest BCUT2D eigenvalue weighted by Crippen LogP contribution is 2.18. The van der Waals surface area contributed by atoms with Crippen molar-refractivity contribution in [2.24, 2.45) is 0 Å². The highest BCUT2D eigenvalue weighted by atomic mass is 16.1. The maximum atomic E-state index is 10.6. The van der Waals surface area contributed by atoms with Crippen LogP contribution < -0.4 is 0 Å². The van der Waals surface area contributed by atoms with E-state index in [0.29, 0.717) is 5.56 Å². The van der Waals surface area contributed by atoms with Crippen LogP contribution in [0.25, 0.3) is 11.1 Å². The molecular formula is C12H12N2O. The first-order chi connectivity index (χ1) is 7.33. The number of aryl methyl sites for hydroxylation is 1. The fourth-order valence-corrected chi connectivity index (χ4v) is 1.48. The standard InChI is InChI=1S/C12H12N2O/c1-2-14-8-12(7-13-14)11-5-3-4-10(6-11)9-15/h3-9H,2H2,1H3. The summed E-state index contributed by atoms with van der Waals surface area (Å²) in [4.78, 5) is 10.6. The van der Waals surface area contributed by atoms with Crippen LogP contribution in [-0.2, 0) is 6.54 Å². The fraction of sp³-hybridized carbons (Fsp3) is 0.167. The van der Waals surface area contributed by atoms with Crippen molar-refractivity contribution in [2.45, 2.75) is 13.5 Å². The Bertz CT molecular complexity index is 474. The second-order valence-corrected chi connectivity index (χ2v) is 3.33. The van der Waals surface area contributed by atoms with Crippen LogP contribution in [0, 0.1) is 0 Å². The molecule has 0 unspecified atom stereocenters. The molecule has 0 aliphatic carbocycles. The maximum absolute atomic E-state index is 10.6. The summed E-state index contributed by atoms with van der Waals surface area (Å²) in [7, 11) is 0. The third-order valence-electron chi connectivity index (χ3n) is 2.31. The lowest BCUT2D eigenvalue weighted by Gasteiger charge is -1.97. The van der Waals surface area contributed by atoms with Crippen LogP contribution in [0.1, 0.15) is 17.3 Å². The zero-order chi connectivity index (χ0) is 10.7. The maximum Gasteiger partial charge on any atom is 0.150 e. The normalized spacial score (nSPS) is 10.2. The molecule has 0 spiro atoms. The van der Waals surface area contributed by atoms with Gasteiger partial charge in [0.15, 0.2) is 0 Å². The minimum Gasteiger partial charge on any atom is -0.298 e. The lowest BCUT2D eigenvalue weighted by atomic mass is 10.1. The van der Waals surface area contributed by atoms with Crippen molar-refractivity contribution in [3.05, 3.63) is 42.2 Å². The van der Waals surface area contributed by atoms with E-state index in [1.165, 1.54) is 0 Å². The van der Waals surface area contributed by atoms with E-state index < -0.39 is 0 Å². The molecule has 0 atom stereocenters. The number of aromatic nitrogens is 2. The summed E-state index contributed by atoms with van der Waals surface area (Å²) in [5, 5.41) is 4.19. The van der Waals surface area contributed by atoms with Crippen molar-refractivity contribution in [2.75, 3.05) is 0 Å². The highest BCUT2D eigenvalue weighted by Gasteiger charge is 2.01. The van der Waals surface area contributed by atoms with Gasteiger partial charge in [0.25, 0.3) is 0 Å². The molecule has 76 valence electrons. The van der Waals surface area contributed by atoms with Gasteiger partial charge in [-0.25, -0.2) is 0 Å². The van der Waals surface area contributed by atoms with E-state index in [4.69, 9.17) is 0 Å². The van der Waals surface area contributed by atoms with Gasteiger partial charge in [-0.05, 0) is 18.6 Å². The van der Waals surface area contributed by atoms with Crippen molar-refractivity contribution in [1.82, 2.24) is 9.78 Å². The summed E-state index contributed by atoms with van der Waals surface area (Å²) in [6.45, 7) is 2.89. The van der Waals surface area contributed by atoms with E-state index in [0.717, 1.165) is 24.0 Å². The molecule has 3 heteroatoms. The number of hydrogen-bond donors (Lipinski definition) is 0. The number of aldehydes is 1. The number of hydrogen-bond acceptors (Lipinski definition) is 2. The summed E-state index contributed by atoms with van der Waals surface area (Å²) < 4.78 is 1.86. The van der Waals surface area contributed by atoms with Crippen LogP contribution in [0.15, 0.2) is 36.7 Å². The van der Waals surface area contributed by atoms with Crippen molar-refractivity contribution in [3.8, 4) is 11.1 Å². The minimum absolute atomic E-state index is 0.691. The summed E-state index contributed by atoms with van der Waals surface area (Å²) in [5.74, 6) is 0. The van der Waals surface area contributed by atoms with Crippen LogP contribution >= 0.6 is 0 Å². The average molecular weight is 200 g/mol. The van der Waals surface area contributed by atoms with E-state index in [-0.39, 0.29) is 0 Å². The molecule has 1 heterocycles. The quantitative estimate of drug-likeness (QED) is 0.713. The number of benzene rings is 1. The van der Waals surface area contributed by atoms with E-state index >= 15 is 0 Å². The molecule has 2 aromatic rings. The lowest BCUT2D eigenvalue weighted by molar-refractivity contribution is 0.112. The summed E-state index contributed by atoms with van der Waals surface area (Å²) in [6, 6.07) is 7.51. The Morgan fingerprint density at radius 3 is 2.93 bits per heavy atom. The molecule has 0 aliphatic rings. The zero-order valence-corrected chi connectivity index (χ0v) is 8.55. The van der Waals surface area contributed by atoms with Gasteiger partial charge in [-0.15, -0.1) is 0 Å². The number of carbonyl (C=O) groups excluding carboxylic acids is 1. The first-order valence-electron chi connectivity index (χ1n) is 4.91. The Hall–Kier alpha value is -1.90. The van der Waals surface area contributed by atoms with Crippen molar-refractivity contribution < 1.29 is 4.79 Å². The number of carbonyl (C=O) groups is 1. The molecule has 2 rings (SSSR count). The predicted molar refractivity (Wildman–Crippen MR) is 58.7 cm³/mol. The van der Waals surface area contributed by atoms with Gasteiger partial charge in [0.05, 0.1) is 6.20 Å². The fourth-order valence-electron chi connectivity index (χ4n) is 1.48. The van der Waals surface area contributed by atoms with Crippen molar-refractivity contribution in [1.29, 1.82) is 0 Å². The molecule has 3 nitrogen and oxygen atoms in total. The van der Waals surface area contributed by atoms with Crippen molar-refractivity contribution >= 4 is 6.29 Å². The topological polar surface area (TPSA) is 34.9 Å². The van der Waals surface area contributed by atoms with E-state index in [1.54, 1.807) is 6.07 Å². The molecule has 0 N–H and O–H groups in total. The van der Waals surface area contributed by atoms with Gasteiger partial charge in [0.2, 0.25) is 0 Å². The molecular weight excluding hydrogens is 188 g/mol. The molecule has 1 aromatic heterocycles. The molecule has 1 aromatic carbocycles. The first-order valence-corrected chi connectivity index (χ1v) is 4.91. The molecule has 15 heavy (non-hydrogen) atoms. The molecule has 0 bridgehead atoms. The monoisotopic (exact) mass is 200 g/mol. The third kappa shape index (κ3) is 1.96. The summed E-state index contributed by atoms with van der Waals surface area (Å²) >= 11 is 0. The van der Waals surface area contributed by atoms with Crippen LogP contribution in [0.5, 0.6) is 0 Å². The predicted octanol–water partition coefficient (Wildman–Crippen LogP) is 2.38. The zero-order valence-electron chi connectivity index (χ0n) is 8.55. The molecule has 0 amide bonds. The lowest BCUT2D eigenvalue weighted by Crippen LogP contribution is -1.91. The number of rotatable bonds is 3. The largest absolute Gasteiger partial charge is 0.298 e. The van der Waals surface area contributed by atoms with Gasteiger partial charge in [-0.1, -0.05) is 18.2 Å². The number of nitrogens with zero attached hydrogens (tertiary/aromatic N) is 2. The Morgan fingerprint density at radius 1 is 1.40 bits per heavy atom. The molecule has 0 aliphatic heterocycles. The smallest absolute Gasteiger partial charge is 0.150 e. The van der Waals surface area contributed by atoms with Gasteiger partial charge in [0.1, 0.15) is 6.29 Å². The van der Waals surface area contributed by atoms with Crippen LogP contribution in [0.4, 0.5) is 0 Å². The van der Waals surface area contributed by atoms with Gasteiger partial charge >= 0.3 is 0 Å². The van der Waals surface area contributed by atoms with Crippen LogP contribution in [0.2, 0.25) is 0 Å². The van der Waals surface area contributed by atoms with Gasteiger partial charge in [0, 0.05) is 23.9 Å². The van der Waals surface area contributed by atoms with Gasteiger partial charge in [-0.3, -0.25) is 9.48 Å². The van der Waals surface area contributed by atoms with E-state index in [2.05, 4.69) is 5.10 Å². The van der Waals surface area contributed by atoms with Crippen molar-refractivity contribution in [3.63, 3.8) is 0 Å². The molecule has 0 saturated carbocycles. The van der Waals surface area contributed by atoms with E-state index in [9.17, 15) is 4.79 Å². The minimum atomic E-state index is 0.691. The second-order valence-electron chi connectivity index (χ2n) is 3.33. The van der Waals surface area contributed by atoms with Crippen LogP contribution in [0.3, 0.4) is 0 Å². The molecule has 0 radical (unpaired) electrons. The Morgan fingerprint density at radius 2 is 2.27 bits per heavy atom.